The Morgan fingerprint density at radius 2 is 1.91 bits per heavy atom. The van der Waals surface area contributed by atoms with Crippen molar-refractivity contribution in [2.24, 2.45) is 7.05 Å². The zero-order valence-corrected chi connectivity index (χ0v) is 21.5. The Labute approximate surface area is 209 Å². The molecule has 3 aromatic rings. The molecule has 2 aliphatic rings. The first-order valence-corrected chi connectivity index (χ1v) is 12.2. The van der Waals surface area contributed by atoms with Gasteiger partial charge in [-0.15, -0.1) is 0 Å². The normalized spacial score (nSPS) is 18.9. The topological polar surface area (TPSA) is 93.5 Å². The van der Waals surface area contributed by atoms with Gasteiger partial charge in [-0.05, 0) is 52.3 Å². The molecule has 35 heavy (non-hydrogen) atoms. The summed E-state index contributed by atoms with van der Waals surface area (Å²) in [4.78, 5) is 24.2. The van der Waals surface area contributed by atoms with Gasteiger partial charge in [-0.2, -0.15) is 4.98 Å². The SMILES string of the molecule is Cn1c(=O)c2c(c3cc(Nc4nc(N5CC(C)(C)OC(C)(C)C5)ncc4Cl)ccc31)NCCCO2. The maximum absolute atomic E-state index is 12.8. The van der Waals surface area contributed by atoms with Gasteiger partial charge in [0, 0.05) is 37.8 Å². The van der Waals surface area contributed by atoms with Crippen LogP contribution in [-0.4, -0.2) is 52.0 Å². The molecule has 0 aliphatic carbocycles. The van der Waals surface area contributed by atoms with Gasteiger partial charge >= 0.3 is 0 Å². The summed E-state index contributed by atoms with van der Waals surface area (Å²) >= 11 is 6.49. The number of halogens is 1. The minimum absolute atomic E-state index is 0.151. The van der Waals surface area contributed by atoms with Gasteiger partial charge in [0.1, 0.15) is 5.02 Å². The van der Waals surface area contributed by atoms with E-state index >= 15 is 0 Å². The largest absolute Gasteiger partial charge is 0.486 e. The summed E-state index contributed by atoms with van der Waals surface area (Å²) in [6.45, 7) is 10.8. The highest BCUT2D eigenvalue weighted by Gasteiger charge is 2.39. The fourth-order valence-electron chi connectivity index (χ4n) is 5.03. The van der Waals surface area contributed by atoms with E-state index in [0.717, 1.165) is 35.2 Å². The van der Waals surface area contributed by atoms with E-state index in [4.69, 9.17) is 26.1 Å². The molecule has 0 spiro atoms. The van der Waals surface area contributed by atoms with Crippen LogP contribution in [0.1, 0.15) is 34.1 Å². The summed E-state index contributed by atoms with van der Waals surface area (Å²) in [6.07, 6.45) is 2.44. The lowest BCUT2D eigenvalue weighted by molar-refractivity contribution is -0.133. The zero-order chi connectivity index (χ0) is 25.0. The third-order valence-electron chi connectivity index (χ3n) is 6.20. The van der Waals surface area contributed by atoms with Gasteiger partial charge in [0.2, 0.25) is 11.7 Å². The Morgan fingerprint density at radius 1 is 1.17 bits per heavy atom. The first-order valence-electron chi connectivity index (χ1n) is 11.8. The Hall–Kier alpha value is -3.04. The molecule has 9 nitrogen and oxygen atoms in total. The van der Waals surface area contributed by atoms with Gasteiger partial charge in [0.15, 0.2) is 5.82 Å². The monoisotopic (exact) mass is 498 g/mol. The van der Waals surface area contributed by atoms with Crippen LogP contribution in [0.4, 0.5) is 23.1 Å². The van der Waals surface area contributed by atoms with E-state index in [1.807, 2.05) is 18.2 Å². The highest BCUT2D eigenvalue weighted by molar-refractivity contribution is 6.32. The van der Waals surface area contributed by atoms with Crippen LogP contribution in [0.15, 0.2) is 29.2 Å². The van der Waals surface area contributed by atoms with E-state index in [2.05, 4.69) is 48.2 Å². The number of benzene rings is 1. The summed E-state index contributed by atoms with van der Waals surface area (Å²) in [7, 11) is 1.76. The molecule has 1 aromatic carbocycles. The number of anilines is 4. The number of morpholine rings is 1. The van der Waals surface area contributed by atoms with Crippen LogP contribution in [0, 0.1) is 0 Å². The Bertz CT molecular complexity index is 1340. The Kier molecular flexibility index (Phi) is 5.80. The fraction of sp³-hybridized carbons (Fsp3) is 0.480. The number of aryl methyl sites for hydroxylation is 1. The van der Waals surface area contributed by atoms with E-state index in [-0.39, 0.29) is 16.8 Å². The van der Waals surface area contributed by atoms with E-state index in [9.17, 15) is 4.79 Å². The van der Waals surface area contributed by atoms with Crippen molar-refractivity contribution in [2.45, 2.75) is 45.3 Å². The maximum Gasteiger partial charge on any atom is 0.295 e. The van der Waals surface area contributed by atoms with Crippen molar-refractivity contribution in [2.75, 3.05) is 41.8 Å². The number of nitrogens with zero attached hydrogens (tertiary/aromatic N) is 4. The standard InChI is InChI=1S/C25H31ClN6O3/c1-24(2)13-32(14-25(3,4)35-24)23-28-12-17(26)21(30-23)29-15-7-8-18-16(11-15)19-20(22(33)31(18)5)34-10-6-9-27-19/h7-8,11-12,27H,6,9-10,13-14H2,1-5H3,(H,28,29,30). The lowest BCUT2D eigenvalue weighted by Gasteiger charge is -2.47. The quantitative estimate of drug-likeness (QED) is 0.551. The number of hydrogen-bond acceptors (Lipinski definition) is 8. The molecule has 10 heteroatoms. The van der Waals surface area contributed by atoms with Crippen LogP contribution in [0.2, 0.25) is 5.02 Å². The number of aromatic nitrogens is 3. The second-order valence-electron chi connectivity index (χ2n) is 10.4. The smallest absolute Gasteiger partial charge is 0.295 e. The first kappa shape index (κ1) is 23.7. The van der Waals surface area contributed by atoms with Crippen molar-refractivity contribution in [3.8, 4) is 5.75 Å². The van der Waals surface area contributed by atoms with E-state index in [1.165, 1.54) is 0 Å². The minimum Gasteiger partial charge on any atom is -0.486 e. The van der Waals surface area contributed by atoms with Crippen molar-refractivity contribution in [1.82, 2.24) is 14.5 Å². The lowest BCUT2D eigenvalue weighted by atomic mass is 9.99. The molecule has 0 atom stereocenters. The van der Waals surface area contributed by atoms with Gasteiger partial charge in [-0.1, -0.05) is 11.6 Å². The van der Waals surface area contributed by atoms with Gasteiger partial charge in [-0.25, -0.2) is 4.98 Å². The van der Waals surface area contributed by atoms with E-state index in [1.54, 1.807) is 17.8 Å². The highest BCUT2D eigenvalue weighted by Crippen LogP contribution is 2.35. The fourth-order valence-corrected chi connectivity index (χ4v) is 5.17. The highest BCUT2D eigenvalue weighted by atomic mass is 35.5. The summed E-state index contributed by atoms with van der Waals surface area (Å²) in [5.74, 6) is 1.46. The van der Waals surface area contributed by atoms with Crippen molar-refractivity contribution in [3.63, 3.8) is 0 Å². The average Bonchev–Trinajstić information content (AvgIpc) is 3.03. The van der Waals surface area contributed by atoms with E-state index in [0.29, 0.717) is 42.2 Å². The zero-order valence-electron chi connectivity index (χ0n) is 20.7. The molecule has 2 N–H and O–H groups in total. The number of rotatable bonds is 3. The molecule has 2 aromatic heterocycles. The molecule has 1 saturated heterocycles. The number of nitrogens with one attached hydrogen (secondary N) is 2. The maximum atomic E-state index is 12.8. The van der Waals surface area contributed by atoms with Crippen LogP contribution < -0.4 is 25.8 Å². The molecule has 186 valence electrons. The number of pyridine rings is 1. The third kappa shape index (κ3) is 4.62. The van der Waals surface area contributed by atoms with Crippen LogP contribution >= 0.6 is 11.6 Å². The number of hydrogen-bond donors (Lipinski definition) is 2. The summed E-state index contributed by atoms with van der Waals surface area (Å²) < 4.78 is 13.6. The van der Waals surface area contributed by atoms with E-state index < -0.39 is 0 Å². The summed E-state index contributed by atoms with van der Waals surface area (Å²) in [5, 5.41) is 8.02. The van der Waals surface area contributed by atoms with Crippen LogP contribution in [0.25, 0.3) is 10.9 Å². The predicted molar refractivity (Wildman–Crippen MR) is 140 cm³/mol. The predicted octanol–water partition coefficient (Wildman–Crippen LogP) is 4.31. The first-order chi connectivity index (χ1) is 16.5. The lowest BCUT2D eigenvalue weighted by Crippen LogP contribution is -2.57. The van der Waals surface area contributed by atoms with Gasteiger partial charge < -0.3 is 29.6 Å². The molecule has 5 rings (SSSR count). The van der Waals surface area contributed by atoms with Gasteiger partial charge in [0.05, 0.1) is 35.2 Å². The average molecular weight is 499 g/mol. The molecule has 0 saturated carbocycles. The molecule has 1 fully saturated rings. The molecule has 0 radical (unpaired) electrons. The second-order valence-corrected chi connectivity index (χ2v) is 10.8. The summed E-state index contributed by atoms with van der Waals surface area (Å²) in [6, 6.07) is 5.80. The summed E-state index contributed by atoms with van der Waals surface area (Å²) in [5.41, 5.74) is 1.50. The molecule has 0 amide bonds. The van der Waals surface area contributed by atoms with Crippen molar-refractivity contribution >= 4 is 45.6 Å². The van der Waals surface area contributed by atoms with Crippen molar-refractivity contribution in [1.29, 1.82) is 0 Å². The molecular formula is C25H31ClN6O3. The molecule has 2 aliphatic heterocycles. The molecular weight excluding hydrogens is 468 g/mol. The Morgan fingerprint density at radius 3 is 2.66 bits per heavy atom. The molecule has 4 heterocycles. The van der Waals surface area contributed by atoms with Gasteiger partial charge in [0.25, 0.3) is 5.56 Å². The van der Waals surface area contributed by atoms with Crippen LogP contribution in [-0.2, 0) is 11.8 Å². The molecule has 0 bridgehead atoms. The number of fused-ring (bicyclic) bond motifs is 3. The van der Waals surface area contributed by atoms with Crippen LogP contribution in [0.5, 0.6) is 5.75 Å². The third-order valence-corrected chi connectivity index (χ3v) is 6.47. The van der Waals surface area contributed by atoms with Crippen LogP contribution in [0.3, 0.4) is 0 Å². The van der Waals surface area contributed by atoms with Gasteiger partial charge in [-0.3, -0.25) is 4.79 Å². The number of ether oxygens (including phenoxy) is 2. The Balaban J connectivity index is 1.51. The van der Waals surface area contributed by atoms with Crippen molar-refractivity contribution < 1.29 is 9.47 Å². The molecule has 0 unspecified atom stereocenters. The minimum atomic E-state index is -0.334. The van der Waals surface area contributed by atoms with Crippen molar-refractivity contribution in [3.05, 3.63) is 39.8 Å². The second kappa shape index (κ2) is 8.57.